The molecule has 1 heterocycles. The summed E-state index contributed by atoms with van der Waals surface area (Å²) < 4.78 is 18.5. The summed E-state index contributed by atoms with van der Waals surface area (Å²) in [6.07, 6.45) is 0. The number of hydrogen-bond acceptors (Lipinski definition) is 2. The van der Waals surface area contributed by atoms with Gasteiger partial charge in [-0.2, -0.15) is 5.26 Å². The van der Waals surface area contributed by atoms with Crippen molar-refractivity contribution in [3.63, 3.8) is 0 Å². The molecule has 1 aromatic heterocycles. The van der Waals surface area contributed by atoms with Crippen LogP contribution in [0.15, 0.2) is 34.7 Å². The first-order valence-electron chi connectivity index (χ1n) is 4.47. The Kier molecular flexibility index (Phi) is 2.26. The number of benzene rings is 1. The fourth-order valence-corrected chi connectivity index (χ4v) is 1.38. The predicted molar refractivity (Wildman–Crippen MR) is 53.6 cm³/mol. The summed E-state index contributed by atoms with van der Waals surface area (Å²) in [5, 5.41) is 8.61. The highest BCUT2D eigenvalue weighted by atomic mass is 19.1. The Labute approximate surface area is 86.6 Å². The van der Waals surface area contributed by atoms with Crippen molar-refractivity contribution < 1.29 is 8.81 Å². The van der Waals surface area contributed by atoms with Crippen LogP contribution in [-0.2, 0) is 0 Å². The zero-order valence-electron chi connectivity index (χ0n) is 8.12. The van der Waals surface area contributed by atoms with E-state index in [2.05, 4.69) is 0 Å². The lowest BCUT2D eigenvalue weighted by molar-refractivity contribution is 0.527. The number of aryl methyl sites for hydroxylation is 1. The number of nitriles is 1. The van der Waals surface area contributed by atoms with Gasteiger partial charge in [0.2, 0.25) is 0 Å². The Balaban J connectivity index is 2.46. The Morgan fingerprint density at radius 3 is 2.40 bits per heavy atom. The minimum atomic E-state index is -0.378. The van der Waals surface area contributed by atoms with E-state index in [9.17, 15) is 4.39 Å². The average Bonchev–Trinajstić information content (AvgIpc) is 2.58. The second-order valence-corrected chi connectivity index (χ2v) is 3.22. The molecule has 2 nitrogen and oxygen atoms in total. The average molecular weight is 201 g/mol. The first-order chi connectivity index (χ1) is 7.20. The fraction of sp³-hybridized carbons (Fsp3) is 0.0833. The largest absolute Gasteiger partial charge is 0.458 e. The molecule has 0 unspecified atom stereocenters. The van der Waals surface area contributed by atoms with Crippen molar-refractivity contribution in [1.29, 1.82) is 5.26 Å². The SMILES string of the molecule is Cc1cc(F)c(-c2ccc(C#N)cc2)o1. The molecule has 0 spiro atoms. The van der Waals surface area contributed by atoms with Crippen LogP contribution in [0.2, 0.25) is 0 Å². The number of halogens is 1. The molecular formula is C12H8FNO. The van der Waals surface area contributed by atoms with E-state index in [1.807, 2.05) is 6.07 Å². The molecule has 0 aliphatic rings. The van der Waals surface area contributed by atoms with Crippen LogP contribution in [0.25, 0.3) is 11.3 Å². The lowest BCUT2D eigenvalue weighted by atomic mass is 10.1. The van der Waals surface area contributed by atoms with Gasteiger partial charge in [-0.3, -0.25) is 0 Å². The third kappa shape index (κ3) is 1.75. The maximum absolute atomic E-state index is 13.3. The van der Waals surface area contributed by atoms with Gasteiger partial charge in [0.1, 0.15) is 5.76 Å². The highest BCUT2D eigenvalue weighted by Crippen LogP contribution is 2.25. The number of furan rings is 1. The highest BCUT2D eigenvalue weighted by Gasteiger charge is 2.10. The molecule has 2 aromatic rings. The summed E-state index contributed by atoms with van der Waals surface area (Å²) in [6.45, 7) is 1.69. The number of hydrogen-bond donors (Lipinski definition) is 0. The van der Waals surface area contributed by atoms with Gasteiger partial charge in [-0.25, -0.2) is 4.39 Å². The normalized spacial score (nSPS) is 9.93. The number of nitrogens with zero attached hydrogens (tertiary/aromatic N) is 1. The Bertz CT molecular complexity index is 520. The van der Waals surface area contributed by atoms with Crippen LogP contribution < -0.4 is 0 Å². The molecule has 0 aliphatic carbocycles. The monoisotopic (exact) mass is 201 g/mol. The minimum absolute atomic E-state index is 0.219. The maximum atomic E-state index is 13.3. The Morgan fingerprint density at radius 1 is 1.27 bits per heavy atom. The molecule has 0 amide bonds. The van der Waals surface area contributed by atoms with E-state index in [0.29, 0.717) is 16.9 Å². The Hall–Kier alpha value is -2.08. The van der Waals surface area contributed by atoms with Crippen LogP contribution in [-0.4, -0.2) is 0 Å². The van der Waals surface area contributed by atoms with Gasteiger partial charge in [0.25, 0.3) is 0 Å². The van der Waals surface area contributed by atoms with Gasteiger partial charge in [0, 0.05) is 11.6 Å². The zero-order chi connectivity index (χ0) is 10.8. The van der Waals surface area contributed by atoms with E-state index in [1.165, 1.54) is 6.07 Å². The number of rotatable bonds is 1. The Morgan fingerprint density at radius 2 is 1.93 bits per heavy atom. The maximum Gasteiger partial charge on any atom is 0.169 e. The van der Waals surface area contributed by atoms with Crippen molar-refractivity contribution in [1.82, 2.24) is 0 Å². The van der Waals surface area contributed by atoms with Crippen LogP contribution in [0.5, 0.6) is 0 Å². The van der Waals surface area contributed by atoms with Gasteiger partial charge in [0.05, 0.1) is 11.6 Å². The zero-order valence-corrected chi connectivity index (χ0v) is 8.12. The van der Waals surface area contributed by atoms with Crippen LogP contribution in [0.3, 0.4) is 0 Å². The molecule has 2 rings (SSSR count). The van der Waals surface area contributed by atoms with E-state index in [0.717, 1.165) is 0 Å². The molecule has 0 atom stereocenters. The summed E-state index contributed by atoms with van der Waals surface area (Å²) in [5.41, 5.74) is 1.18. The second-order valence-electron chi connectivity index (χ2n) is 3.22. The molecule has 0 radical (unpaired) electrons. The quantitative estimate of drug-likeness (QED) is 0.710. The lowest BCUT2D eigenvalue weighted by Crippen LogP contribution is -1.79. The van der Waals surface area contributed by atoms with Crippen molar-refractivity contribution in [3.05, 3.63) is 47.5 Å². The van der Waals surface area contributed by atoms with E-state index in [4.69, 9.17) is 9.68 Å². The molecule has 0 fully saturated rings. The van der Waals surface area contributed by atoms with Crippen LogP contribution in [0.1, 0.15) is 11.3 Å². The van der Waals surface area contributed by atoms with Gasteiger partial charge in [-0.05, 0) is 31.2 Å². The van der Waals surface area contributed by atoms with E-state index >= 15 is 0 Å². The van der Waals surface area contributed by atoms with Crippen molar-refractivity contribution in [2.45, 2.75) is 6.92 Å². The van der Waals surface area contributed by atoms with Crippen molar-refractivity contribution in [3.8, 4) is 17.4 Å². The van der Waals surface area contributed by atoms with Gasteiger partial charge in [0.15, 0.2) is 11.6 Å². The van der Waals surface area contributed by atoms with Gasteiger partial charge in [-0.1, -0.05) is 0 Å². The molecule has 3 heteroatoms. The molecule has 0 aliphatic heterocycles. The lowest BCUT2D eigenvalue weighted by Gasteiger charge is -1.96. The van der Waals surface area contributed by atoms with Gasteiger partial charge in [-0.15, -0.1) is 0 Å². The molecule has 0 bridgehead atoms. The van der Waals surface area contributed by atoms with Crippen molar-refractivity contribution in [2.75, 3.05) is 0 Å². The minimum Gasteiger partial charge on any atom is -0.458 e. The van der Waals surface area contributed by atoms with Crippen LogP contribution >= 0.6 is 0 Å². The second kappa shape index (κ2) is 3.58. The van der Waals surface area contributed by atoms with Crippen LogP contribution in [0.4, 0.5) is 4.39 Å². The molecule has 0 saturated heterocycles. The predicted octanol–water partition coefficient (Wildman–Crippen LogP) is 3.27. The standard InChI is InChI=1S/C12H8FNO/c1-8-6-11(13)12(15-8)10-4-2-9(7-14)3-5-10/h2-6H,1H3. The molecule has 0 N–H and O–H groups in total. The van der Waals surface area contributed by atoms with E-state index < -0.39 is 0 Å². The smallest absolute Gasteiger partial charge is 0.169 e. The molecule has 15 heavy (non-hydrogen) atoms. The fourth-order valence-electron chi connectivity index (χ4n) is 1.38. The first-order valence-corrected chi connectivity index (χ1v) is 4.47. The van der Waals surface area contributed by atoms with Crippen molar-refractivity contribution in [2.24, 2.45) is 0 Å². The molecular weight excluding hydrogens is 193 g/mol. The third-order valence-electron chi connectivity index (χ3n) is 2.09. The summed E-state index contributed by atoms with van der Waals surface area (Å²) in [4.78, 5) is 0. The summed E-state index contributed by atoms with van der Waals surface area (Å²) in [7, 11) is 0. The topological polar surface area (TPSA) is 36.9 Å². The van der Waals surface area contributed by atoms with E-state index in [-0.39, 0.29) is 11.6 Å². The first kappa shape index (κ1) is 9.47. The summed E-state index contributed by atoms with van der Waals surface area (Å²) in [5.74, 6) is 0.376. The molecule has 1 aromatic carbocycles. The van der Waals surface area contributed by atoms with Crippen molar-refractivity contribution >= 4 is 0 Å². The van der Waals surface area contributed by atoms with Crippen LogP contribution in [0, 0.1) is 24.1 Å². The van der Waals surface area contributed by atoms with Gasteiger partial charge >= 0.3 is 0 Å². The summed E-state index contributed by atoms with van der Waals surface area (Å²) >= 11 is 0. The van der Waals surface area contributed by atoms with E-state index in [1.54, 1.807) is 31.2 Å². The summed E-state index contributed by atoms with van der Waals surface area (Å²) in [6, 6.07) is 9.94. The van der Waals surface area contributed by atoms with Gasteiger partial charge < -0.3 is 4.42 Å². The third-order valence-corrected chi connectivity index (χ3v) is 2.09. The highest BCUT2D eigenvalue weighted by molar-refractivity contribution is 5.59. The molecule has 74 valence electrons. The molecule has 0 saturated carbocycles.